The molecule has 1 aliphatic heterocycles. The van der Waals surface area contributed by atoms with Crippen LogP contribution in [0.4, 0.5) is 5.69 Å². The lowest BCUT2D eigenvalue weighted by atomic mass is 10.0. The maximum Gasteiger partial charge on any atom is 0.256 e. The molecule has 0 bridgehead atoms. The lowest BCUT2D eigenvalue weighted by Gasteiger charge is -2.18. The van der Waals surface area contributed by atoms with E-state index in [0.29, 0.717) is 17.7 Å². The van der Waals surface area contributed by atoms with E-state index in [-0.39, 0.29) is 11.8 Å². The zero-order valence-electron chi connectivity index (χ0n) is 22.7. The average molecular weight is 540 g/mol. The lowest BCUT2D eigenvalue weighted by molar-refractivity contribution is -0.110. The number of aromatic nitrogens is 2. The summed E-state index contributed by atoms with van der Waals surface area (Å²) in [7, 11) is 0. The first-order valence-electron chi connectivity index (χ1n) is 13.3. The Bertz CT molecular complexity index is 1550. The summed E-state index contributed by atoms with van der Waals surface area (Å²) in [5, 5.41) is 9.04. The molecule has 5 rings (SSSR count). The van der Waals surface area contributed by atoms with Gasteiger partial charge in [0.25, 0.3) is 11.8 Å². The van der Waals surface area contributed by atoms with Crippen LogP contribution in [0.1, 0.15) is 46.7 Å². The van der Waals surface area contributed by atoms with Crippen molar-refractivity contribution >= 4 is 40.5 Å². The Balaban J connectivity index is 1.37. The van der Waals surface area contributed by atoms with E-state index in [0.717, 1.165) is 69.7 Å². The number of fused-ring (bicyclic) bond motifs is 1. The van der Waals surface area contributed by atoms with E-state index in [2.05, 4.69) is 34.4 Å². The second-order valence-electron chi connectivity index (χ2n) is 9.62. The highest BCUT2D eigenvalue weighted by Gasteiger charge is 2.26. The fraction of sp³-hybridized carbons (Fsp3) is 0.258. The third kappa shape index (κ3) is 5.44. The maximum atomic E-state index is 13.0. The monoisotopic (exact) mass is 539 g/mol. The summed E-state index contributed by atoms with van der Waals surface area (Å²) < 4.78 is 0. The number of nitrogens with zero attached hydrogens (tertiary/aromatic N) is 2. The minimum atomic E-state index is -0.165. The van der Waals surface area contributed by atoms with Gasteiger partial charge in [-0.2, -0.15) is 0 Å². The Hall–Kier alpha value is -4.01. The van der Waals surface area contributed by atoms with Gasteiger partial charge in [0, 0.05) is 52.2 Å². The van der Waals surface area contributed by atoms with Crippen LogP contribution in [-0.4, -0.2) is 52.9 Å². The van der Waals surface area contributed by atoms with Crippen LogP contribution in [0, 0.1) is 13.8 Å². The smallest absolute Gasteiger partial charge is 0.256 e. The van der Waals surface area contributed by atoms with E-state index < -0.39 is 0 Å². The van der Waals surface area contributed by atoms with Crippen molar-refractivity contribution in [2.75, 3.05) is 31.5 Å². The highest BCUT2D eigenvalue weighted by atomic mass is 32.1. The van der Waals surface area contributed by atoms with Crippen molar-refractivity contribution < 1.29 is 9.59 Å². The number of carbonyl (C=O) groups is 2. The molecule has 0 saturated carbocycles. The van der Waals surface area contributed by atoms with Crippen LogP contribution in [0.25, 0.3) is 33.5 Å². The van der Waals surface area contributed by atoms with E-state index >= 15 is 0 Å². The van der Waals surface area contributed by atoms with Crippen molar-refractivity contribution in [1.82, 2.24) is 20.2 Å². The number of benzene rings is 2. The predicted octanol–water partition coefficient (Wildman–Crippen LogP) is 5.99. The number of aromatic amines is 1. The molecule has 39 heavy (non-hydrogen) atoms. The molecule has 1 aliphatic rings. The topological polar surface area (TPSA) is 90.1 Å². The summed E-state index contributed by atoms with van der Waals surface area (Å²) >= 11 is 1.60. The summed E-state index contributed by atoms with van der Waals surface area (Å²) in [6.45, 7) is 11.3. The second-order valence-corrected chi connectivity index (χ2v) is 10.5. The van der Waals surface area contributed by atoms with E-state index in [1.165, 1.54) is 0 Å². The molecule has 7 nitrogen and oxygen atoms in total. The largest absolute Gasteiger partial charge is 0.358 e. The number of rotatable bonds is 9. The van der Waals surface area contributed by atoms with Crippen molar-refractivity contribution in [3.8, 4) is 21.8 Å². The number of hydrogen-bond donors (Lipinski definition) is 3. The molecule has 0 saturated heterocycles. The molecule has 0 atom stereocenters. The summed E-state index contributed by atoms with van der Waals surface area (Å²) in [6.07, 6.45) is 1.84. The summed E-state index contributed by atoms with van der Waals surface area (Å²) in [5.41, 5.74) is 8.07. The van der Waals surface area contributed by atoms with Gasteiger partial charge in [-0.3, -0.25) is 9.59 Å². The Morgan fingerprint density at radius 2 is 1.85 bits per heavy atom. The van der Waals surface area contributed by atoms with Gasteiger partial charge in [-0.25, -0.2) is 4.98 Å². The van der Waals surface area contributed by atoms with Gasteiger partial charge in [0.1, 0.15) is 5.01 Å². The van der Waals surface area contributed by atoms with Gasteiger partial charge in [0.2, 0.25) is 0 Å². The van der Waals surface area contributed by atoms with Crippen molar-refractivity contribution in [3.05, 3.63) is 82.0 Å². The number of H-pyrrole nitrogens is 1. The molecule has 0 spiro atoms. The number of carbonyl (C=O) groups excluding carboxylic acids is 2. The molecule has 2 amide bonds. The predicted molar refractivity (Wildman–Crippen MR) is 160 cm³/mol. The Labute approximate surface area is 233 Å². The average Bonchev–Trinajstić information content (AvgIpc) is 3.63. The SMILES string of the molecule is CCN(CC)CCNC(=O)c1c(C)[nH]c(C=C2C(=O)Nc3cc(-c4csc(-c5ccccc5)n4)ccc32)c1C. The molecule has 2 aromatic heterocycles. The first-order valence-corrected chi connectivity index (χ1v) is 14.2. The molecule has 3 N–H and O–H groups in total. The minimum Gasteiger partial charge on any atom is -0.358 e. The van der Waals surface area contributed by atoms with Gasteiger partial charge in [-0.1, -0.05) is 56.3 Å². The lowest BCUT2D eigenvalue weighted by Crippen LogP contribution is -2.35. The van der Waals surface area contributed by atoms with Crippen LogP contribution in [0.15, 0.2) is 53.9 Å². The van der Waals surface area contributed by atoms with Crippen LogP contribution in [0.3, 0.4) is 0 Å². The maximum absolute atomic E-state index is 13.0. The van der Waals surface area contributed by atoms with Gasteiger partial charge in [0.05, 0.1) is 16.8 Å². The van der Waals surface area contributed by atoms with E-state index in [4.69, 9.17) is 4.98 Å². The van der Waals surface area contributed by atoms with Crippen molar-refractivity contribution in [2.45, 2.75) is 27.7 Å². The molecular formula is C31H33N5O2S. The quantitative estimate of drug-likeness (QED) is 0.228. The van der Waals surface area contributed by atoms with Crippen LogP contribution >= 0.6 is 11.3 Å². The molecule has 0 fully saturated rings. The first-order chi connectivity index (χ1) is 18.9. The molecule has 0 radical (unpaired) electrons. The van der Waals surface area contributed by atoms with Crippen molar-refractivity contribution in [3.63, 3.8) is 0 Å². The van der Waals surface area contributed by atoms with Gasteiger partial charge in [-0.05, 0) is 44.6 Å². The van der Waals surface area contributed by atoms with Gasteiger partial charge in [-0.15, -0.1) is 11.3 Å². The third-order valence-electron chi connectivity index (χ3n) is 7.22. The molecule has 2 aromatic carbocycles. The van der Waals surface area contributed by atoms with Crippen LogP contribution < -0.4 is 10.6 Å². The summed E-state index contributed by atoms with van der Waals surface area (Å²) in [5.74, 6) is -0.264. The highest BCUT2D eigenvalue weighted by molar-refractivity contribution is 7.13. The normalized spacial score (nSPS) is 13.7. The van der Waals surface area contributed by atoms with Crippen molar-refractivity contribution in [1.29, 1.82) is 0 Å². The van der Waals surface area contributed by atoms with Crippen LogP contribution in [0.2, 0.25) is 0 Å². The minimum absolute atomic E-state index is 0.0999. The molecule has 200 valence electrons. The van der Waals surface area contributed by atoms with Gasteiger partial charge in [0.15, 0.2) is 0 Å². The third-order valence-corrected chi connectivity index (χ3v) is 8.11. The molecule has 8 heteroatoms. The number of nitrogens with one attached hydrogen (secondary N) is 3. The fourth-order valence-corrected chi connectivity index (χ4v) is 5.81. The number of likely N-dealkylation sites (N-methyl/N-ethyl adjacent to an activating group) is 1. The Morgan fingerprint density at radius 1 is 1.08 bits per heavy atom. The number of anilines is 1. The second kappa shape index (κ2) is 11.4. The molecule has 3 heterocycles. The summed E-state index contributed by atoms with van der Waals surface area (Å²) in [6, 6.07) is 16.0. The Kier molecular flexibility index (Phi) is 7.77. The molecule has 0 unspecified atom stereocenters. The molecular weight excluding hydrogens is 506 g/mol. The fourth-order valence-electron chi connectivity index (χ4n) is 4.98. The van der Waals surface area contributed by atoms with Crippen LogP contribution in [0.5, 0.6) is 0 Å². The number of amides is 2. The number of thiazole rings is 1. The zero-order valence-corrected chi connectivity index (χ0v) is 23.5. The van der Waals surface area contributed by atoms with Crippen LogP contribution in [-0.2, 0) is 4.79 Å². The number of hydrogen-bond acceptors (Lipinski definition) is 5. The van der Waals surface area contributed by atoms with E-state index in [1.807, 2.05) is 73.8 Å². The van der Waals surface area contributed by atoms with E-state index in [9.17, 15) is 9.59 Å². The Morgan fingerprint density at radius 3 is 2.59 bits per heavy atom. The zero-order chi connectivity index (χ0) is 27.5. The number of aryl methyl sites for hydroxylation is 1. The summed E-state index contributed by atoms with van der Waals surface area (Å²) in [4.78, 5) is 36.3. The molecule has 0 aliphatic carbocycles. The van der Waals surface area contributed by atoms with E-state index in [1.54, 1.807) is 11.3 Å². The molecule has 4 aromatic rings. The first kappa shape index (κ1) is 26.6. The van der Waals surface area contributed by atoms with Crippen molar-refractivity contribution in [2.24, 2.45) is 0 Å². The highest BCUT2D eigenvalue weighted by Crippen LogP contribution is 2.38. The van der Waals surface area contributed by atoms with Gasteiger partial charge < -0.3 is 20.5 Å². The van der Waals surface area contributed by atoms with Gasteiger partial charge >= 0.3 is 0 Å². The standard InChI is InChI=1S/C31H33N5O2S/c1-5-36(6-2)15-14-32-30(38)28-19(3)25(33-20(28)4)17-24-23-13-12-22(16-26(23)34-29(24)37)27-18-39-31(35-27)21-10-8-7-9-11-21/h7-13,16-18,33H,5-6,14-15H2,1-4H3,(H,32,38)(H,34,37).